The molecule has 0 saturated heterocycles. The molecule has 0 aromatic rings. The minimum absolute atomic E-state index is 0. The molecule has 0 amide bonds. The Kier molecular flexibility index (Phi) is 867. The van der Waals surface area contributed by atoms with Gasteiger partial charge in [-0.1, -0.05) is 0 Å². The molecule has 0 atom stereocenters. The summed E-state index contributed by atoms with van der Waals surface area (Å²) in [4.78, 5) is 0. The number of hydrogen-bond donors (Lipinski definition) is 0. The van der Waals surface area contributed by atoms with E-state index in [4.69, 9.17) is 0 Å². The maximum atomic E-state index is 0. The van der Waals surface area contributed by atoms with Gasteiger partial charge in [0.15, 0.2) is 0 Å². The summed E-state index contributed by atoms with van der Waals surface area (Å²) in [6, 6.07) is 0. The van der Waals surface area contributed by atoms with Crippen molar-refractivity contribution in [1.29, 1.82) is 0 Å². The molecular formula is H13CuFeMnNiPbSSbSiSnZn. The minimum Gasteiger partial charge on any atom is 0 e. The first-order chi connectivity index (χ1) is 0. The molecule has 0 nitrogen and oxygen atoms in total. The zero-order valence-corrected chi connectivity index (χ0v) is 26.4. The normalized spacial score (nSPS) is 0. The first kappa shape index (κ1) is 103. The molecule has 0 fully saturated rings. The van der Waals surface area contributed by atoms with E-state index >= 15 is 0 Å². The second kappa shape index (κ2) is 84.0. The molecule has 0 aromatic heterocycles. The van der Waals surface area contributed by atoms with Crippen molar-refractivity contribution >= 4 is 100 Å². The Labute approximate surface area is 183 Å². The van der Waals surface area contributed by atoms with E-state index in [9.17, 15) is 0 Å². The van der Waals surface area contributed by atoms with Crippen LogP contribution >= 0.6 is 13.5 Å². The fraction of sp³-hybridized carbons (Fsp3) is 0. The Morgan fingerprint density at radius 3 is 1.00 bits per heavy atom. The third kappa shape index (κ3) is 67.4. The molecule has 0 aliphatic carbocycles. The van der Waals surface area contributed by atoms with Crippen molar-refractivity contribution in [2.45, 2.75) is 0 Å². The second-order valence-corrected chi connectivity index (χ2v) is 0. The topological polar surface area (TPSA) is 0 Å². The SMILES string of the molecule is S.[Cu].[Fe].[Mn].[Ni].[PbH2].[SbH3].[SiH4].[SnH2].[Zn]. The summed E-state index contributed by atoms with van der Waals surface area (Å²) in [7, 11) is 0. The molecule has 10 heavy (non-hydrogen) atoms. The van der Waals surface area contributed by atoms with Crippen LogP contribution in [-0.2, 0) is 87.2 Å². The average molecular weight is 819 g/mol. The summed E-state index contributed by atoms with van der Waals surface area (Å²) >= 11 is 0. The summed E-state index contributed by atoms with van der Waals surface area (Å²) in [5, 5.41) is 0. The van der Waals surface area contributed by atoms with Gasteiger partial charge in [-0.25, -0.2) is 0 Å². The third-order valence-corrected chi connectivity index (χ3v) is 0. The van der Waals surface area contributed by atoms with E-state index in [2.05, 4.69) is 0 Å². The Morgan fingerprint density at radius 2 is 1.00 bits per heavy atom. The van der Waals surface area contributed by atoms with Crippen molar-refractivity contribution in [3.8, 4) is 0 Å². The van der Waals surface area contributed by atoms with Gasteiger partial charge in [0.1, 0.15) is 0 Å². The zero-order chi connectivity index (χ0) is 0. The molecular weight excluding hydrogens is 806 g/mol. The number of rotatable bonds is 0. The largest absolute Gasteiger partial charge is 0 e. The van der Waals surface area contributed by atoms with Gasteiger partial charge in [0, 0.05) is 87.2 Å². The monoisotopic (exact) mass is 818 g/mol. The molecule has 0 N–H and O–H groups in total. The molecule has 0 heterocycles. The van der Waals surface area contributed by atoms with Gasteiger partial charge >= 0.3 is 75.6 Å². The van der Waals surface area contributed by atoms with Crippen molar-refractivity contribution in [3.63, 3.8) is 0 Å². The molecule has 0 aliphatic rings. The van der Waals surface area contributed by atoms with Crippen LogP contribution in [0.3, 0.4) is 0 Å². The van der Waals surface area contributed by atoms with Crippen LogP contribution in [0.2, 0.25) is 0 Å². The van der Waals surface area contributed by atoms with Gasteiger partial charge in [0.25, 0.3) is 0 Å². The van der Waals surface area contributed by atoms with Gasteiger partial charge in [0.2, 0.25) is 0 Å². The molecule has 0 saturated carbocycles. The van der Waals surface area contributed by atoms with Crippen LogP contribution in [0, 0.1) is 0 Å². The van der Waals surface area contributed by atoms with Gasteiger partial charge in [0.05, 0.1) is 0 Å². The Bertz CT molecular complexity index is 33.2. The van der Waals surface area contributed by atoms with Crippen molar-refractivity contribution in [3.05, 3.63) is 0 Å². The minimum atomic E-state index is 0. The second-order valence-electron chi connectivity index (χ2n) is 0. The maximum absolute atomic E-state index is 0. The quantitative estimate of drug-likeness (QED) is 0.217. The smallest absolute Gasteiger partial charge is 0 e. The summed E-state index contributed by atoms with van der Waals surface area (Å²) in [5.74, 6) is 0. The fourth-order valence-electron chi connectivity index (χ4n) is 0. The van der Waals surface area contributed by atoms with E-state index in [1.54, 1.807) is 0 Å². The Hall–Kier alpha value is 5.78. The molecule has 10 heteroatoms. The van der Waals surface area contributed by atoms with E-state index < -0.39 is 0 Å². The van der Waals surface area contributed by atoms with Crippen molar-refractivity contribution in [1.82, 2.24) is 0 Å². The van der Waals surface area contributed by atoms with Crippen LogP contribution in [0.15, 0.2) is 0 Å². The summed E-state index contributed by atoms with van der Waals surface area (Å²) in [5.41, 5.74) is 0. The third-order valence-electron chi connectivity index (χ3n) is 0. The first-order valence-electron chi connectivity index (χ1n) is 0. The summed E-state index contributed by atoms with van der Waals surface area (Å²) in [6.45, 7) is 0. The molecule has 0 bridgehead atoms. The van der Waals surface area contributed by atoms with Crippen molar-refractivity contribution in [2.24, 2.45) is 0 Å². The molecule has 0 unspecified atom stereocenters. The van der Waals surface area contributed by atoms with Crippen LogP contribution in [0.1, 0.15) is 0 Å². The van der Waals surface area contributed by atoms with Crippen LogP contribution in [-0.4, -0.2) is 86.6 Å². The van der Waals surface area contributed by atoms with E-state index in [0.29, 0.717) is 0 Å². The molecule has 6 radical (unpaired) electrons. The van der Waals surface area contributed by atoms with E-state index in [1.165, 1.54) is 0 Å². The molecule has 0 rings (SSSR count). The predicted octanol–water partition coefficient (Wildman–Crippen LogP) is -4.37. The summed E-state index contributed by atoms with van der Waals surface area (Å²) in [6.07, 6.45) is 0. The molecule has 0 aliphatic heterocycles. The van der Waals surface area contributed by atoms with Gasteiger partial charge in [-0.05, 0) is 11.0 Å². The maximum Gasteiger partial charge on any atom is 0 e. The van der Waals surface area contributed by atoms with E-state index in [0.717, 1.165) is 0 Å². The standard InChI is InChI=1S/Cu.Fe.Mn.Ni.Pb.H2S.Sb.H4Si.Sn.Zn.7H/h;;;;;1H2;;1H4;;;;;;;;;. The zero-order valence-electron chi connectivity index (χ0n) is 4.68. The van der Waals surface area contributed by atoms with Crippen LogP contribution in [0.25, 0.3) is 0 Å². The molecule has 74 valence electrons. The average Bonchev–Trinajstić information content (AvgIpc) is 0. The molecule has 0 aromatic carbocycles. The first-order valence-corrected chi connectivity index (χ1v) is 0. The predicted molar refractivity (Wildman–Crippen MR) is 48.7 cm³/mol. The Balaban J connectivity index is 0. The van der Waals surface area contributed by atoms with E-state index in [1.807, 2.05) is 0 Å². The fourth-order valence-corrected chi connectivity index (χ4v) is 0. The Morgan fingerprint density at radius 1 is 1.00 bits per heavy atom. The van der Waals surface area contributed by atoms with Crippen LogP contribution < -0.4 is 0 Å². The van der Waals surface area contributed by atoms with Crippen LogP contribution in [0.4, 0.5) is 0 Å². The van der Waals surface area contributed by atoms with Gasteiger partial charge in [-0.2, -0.15) is 13.5 Å². The van der Waals surface area contributed by atoms with Gasteiger partial charge in [-0.3, -0.25) is 0 Å². The van der Waals surface area contributed by atoms with E-state index in [-0.39, 0.29) is 187 Å². The van der Waals surface area contributed by atoms with Crippen molar-refractivity contribution < 1.29 is 87.2 Å². The van der Waals surface area contributed by atoms with Gasteiger partial charge in [-0.15, -0.1) is 0 Å². The molecule has 0 spiro atoms. The number of hydrogen-bond acceptors (Lipinski definition) is 0. The summed E-state index contributed by atoms with van der Waals surface area (Å²) < 4.78 is 0. The van der Waals surface area contributed by atoms with Crippen molar-refractivity contribution in [2.75, 3.05) is 0 Å². The van der Waals surface area contributed by atoms with Gasteiger partial charge < -0.3 is 0 Å². The van der Waals surface area contributed by atoms with Crippen LogP contribution in [0.5, 0.6) is 0 Å².